The lowest BCUT2D eigenvalue weighted by atomic mass is 10.2. The summed E-state index contributed by atoms with van der Waals surface area (Å²) in [5.41, 5.74) is 0. The fraction of sp³-hybridized carbons (Fsp3) is 0.909. The molecule has 0 bridgehead atoms. The number of nitrogens with zero attached hydrogens (tertiary/aromatic N) is 1. The Labute approximate surface area is 91.0 Å². The number of carbonyl (C=O) groups excluding carboxylic acids is 1. The number of carbonyl (C=O) groups is 1. The van der Waals surface area contributed by atoms with Gasteiger partial charge in [0.15, 0.2) is 0 Å². The van der Waals surface area contributed by atoms with Crippen molar-refractivity contribution in [3.05, 3.63) is 0 Å². The van der Waals surface area contributed by atoms with E-state index in [0.29, 0.717) is 13.3 Å². The lowest BCUT2D eigenvalue weighted by Gasteiger charge is -2.15. The normalized spacial score (nSPS) is 26.3. The highest BCUT2D eigenvalue weighted by molar-refractivity contribution is 5.83. The Hall–Kier alpha value is -0.610. The summed E-state index contributed by atoms with van der Waals surface area (Å²) in [5.74, 6) is 1.04. The summed E-state index contributed by atoms with van der Waals surface area (Å²) in [5, 5.41) is 3.19. The molecule has 1 aliphatic carbocycles. The zero-order valence-electron chi connectivity index (χ0n) is 9.37. The second-order valence-electron chi connectivity index (χ2n) is 4.44. The first kappa shape index (κ1) is 10.9. The highest BCUT2D eigenvalue weighted by atomic mass is 16.5. The van der Waals surface area contributed by atoms with Crippen LogP contribution in [0.2, 0.25) is 0 Å². The topological polar surface area (TPSA) is 41.6 Å². The lowest BCUT2D eigenvalue weighted by Crippen LogP contribution is -2.32. The number of hydrogen-bond donors (Lipinski definition) is 1. The van der Waals surface area contributed by atoms with E-state index in [2.05, 4.69) is 5.32 Å². The van der Waals surface area contributed by atoms with Crippen molar-refractivity contribution < 1.29 is 9.53 Å². The van der Waals surface area contributed by atoms with Crippen LogP contribution in [0.25, 0.3) is 0 Å². The van der Waals surface area contributed by atoms with Gasteiger partial charge in [0.25, 0.3) is 0 Å². The summed E-state index contributed by atoms with van der Waals surface area (Å²) in [7, 11) is 0. The molecule has 2 fully saturated rings. The van der Waals surface area contributed by atoms with E-state index in [9.17, 15) is 4.79 Å². The van der Waals surface area contributed by atoms with Crippen molar-refractivity contribution in [1.29, 1.82) is 0 Å². The van der Waals surface area contributed by atoms with Gasteiger partial charge >= 0.3 is 0 Å². The summed E-state index contributed by atoms with van der Waals surface area (Å²) in [6, 6.07) is 0.0356. The molecule has 0 aromatic rings. The van der Waals surface area contributed by atoms with E-state index in [-0.39, 0.29) is 11.9 Å². The van der Waals surface area contributed by atoms with Gasteiger partial charge in [0.05, 0.1) is 19.3 Å². The predicted octanol–water partition coefficient (Wildman–Crippen LogP) is 0.581. The average Bonchev–Trinajstić information content (AvgIpc) is 2.99. The van der Waals surface area contributed by atoms with Crippen molar-refractivity contribution in [2.24, 2.45) is 5.92 Å². The molecule has 4 heteroatoms. The summed E-state index contributed by atoms with van der Waals surface area (Å²) in [4.78, 5) is 13.5. The quantitative estimate of drug-likeness (QED) is 0.655. The Morgan fingerprint density at radius 3 is 2.93 bits per heavy atom. The van der Waals surface area contributed by atoms with Crippen LogP contribution >= 0.6 is 0 Å². The third-order valence-electron chi connectivity index (χ3n) is 3.10. The molecule has 1 N–H and O–H groups in total. The van der Waals surface area contributed by atoms with Gasteiger partial charge in [-0.15, -0.1) is 0 Å². The van der Waals surface area contributed by atoms with Gasteiger partial charge < -0.3 is 9.64 Å². The van der Waals surface area contributed by atoms with Gasteiger partial charge in [-0.25, -0.2) is 0 Å². The minimum atomic E-state index is 0.0356. The van der Waals surface area contributed by atoms with Crippen LogP contribution in [0.15, 0.2) is 0 Å². The van der Waals surface area contributed by atoms with E-state index in [4.69, 9.17) is 4.74 Å². The maximum atomic E-state index is 11.7. The number of nitrogens with one attached hydrogen (secondary N) is 1. The van der Waals surface area contributed by atoms with E-state index in [0.717, 1.165) is 25.5 Å². The molecule has 4 nitrogen and oxygen atoms in total. The van der Waals surface area contributed by atoms with Gasteiger partial charge in [-0.2, -0.15) is 0 Å². The molecule has 0 spiro atoms. The van der Waals surface area contributed by atoms with E-state index in [1.165, 1.54) is 12.8 Å². The summed E-state index contributed by atoms with van der Waals surface area (Å²) in [6.45, 7) is 5.01. The number of ether oxygens (including phenoxy) is 1. The Bertz CT molecular complexity index is 229. The molecule has 1 unspecified atom stereocenters. The van der Waals surface area contributed by atoms with Gasteiger partial charge in [0.2, 0.25) is 5.91 Å². The number of amides is 1. The molecule has 0 radical (unpaired) electrons. The smallest absolute Gasteiger partial charge is 0.240 e. The van der Waals surface area contributed by atoms with Crippen LogP contribution in [0.3, 0.4) is 0 Å². The number of hydrogen-bond acceptors (Lipinski definition) is 3. The van der Waals surface area contributed by atoms with E-state index < -0.39 is 0 Å². The van der Waals surface area contributed by atoms with Crippen molar-refractivity contribution in [2.75, 3.05) is 26.4 Å². The van der Waals surface area contributed by atoms with E-state index >= 15 is 0 Å². The number of rotatable bonds is 6. The first-order valence-electron chi connectivity index (χ1n) is 5.91. The molecule has 0 aromatic heterocycles. The SMILES string of the molecule is CCC1NCN(CCOCC2CC2)C1=O. The molecule has 15 heavy (non-hydrogen) atoms. The van der Waals surface area contributed by atoms with E-state index in [1.807, 2.05) is 11.8 Å². The molecule has 1 amide bonds. The van der Waals surface area contributed by atoms with Gasteiger partial charge in [-0.1, -0.05) is 6.92 Å². The van der Waals surface area contributed by atoms with Crippen LogP contribution in [-0.2, 0) is 9.53 Å². The Kier molecular flexibility index (Phi) is 3.59. The molecule has 1 saturated carbocycles. The lowest BCUT2D eigenvalue weighted by molar-refractivity contribution is -0.129. The second kappa shape index (κ2) is 4.94. The van der Waals surface area contributed by atoms with Crippen molar-refractivity contribution >= 4 is 5.91 Å². The largest absolute Gasteiger partial charge is 0.379 e. The van der Waals surface area contributed by atoms with Crippen molar-refractivity contribution in [3.63, 3.8) is 0 Å². The summed E-state index contributed by atoms with van der Waals surface area (Å²) >= 11 is 0. The molecular formula is C11H20N2O2. The maximum Gasteiger partial charge on any atom is 0.240 e. The minimum Gasteiger partial charge on any atom is -0.379 e. The molecule has 1 saturated heterocycles. The average molecular weight is 212 g/mol. The molecule has 0 aromatic carbocycles. The molecule has 1 aliphatic heterocycles. The molecular weight excluding hydrogens is 192 g/mol. The van der Waals surface area contributed by atoms with Crippen molar-refractivity contribution in [3.8, 4) is 0 Å². The van der Waals surface area contributed by atoms with Crippen LogP contribution in [0.1, 0.15) is 26.2 Å². The Morgan fingerprint density at radius 1 is 1.53 bits per heavy atom. The predicted molar refractivity (Wildman–Crippen MR) is 57.3 cm³/mol. The third kappa shape index (κ3) is 2.92. The zero-order valence-corrected chi connectivity index (χ0v) is 9.37. The Balaban J connectivity index is 1.60. The molecule has 1 heterocycles. The first-order valence-corrected chi connectivity index (χ1v) is 5.91. The van der Waals surface area contributed by atoms with Crippen LogP contribution < -0.4 is 5.32 Å². The van der Waals surface area contributed by atoms with Crippen molar-refractivity contribution in [1.82, 2.24) is 10.2 Å². The monoisotopic (exact) mass is 212 g/mol. The van der Waals surface area contributed by atoms with Gasteiger partial charge in [0.1, 0.15) is 0 Å². The summed E-state index contributed by atoms with van der Waals surface area (Å²) in [6.07, 6.45) is 3.52. The summed E-state index contributed by atoms with van der Waals surface area (Å²) < 4.78 is 5.52. The van der Waals surface area contributed by atoms with Gasteiger partial charge in [-0.3, -0.25) is 10.1 Å². The molecule has 2 aliphatic rings. The molecule has 86 valence electrons. The van der Waals surface area contributed by atoms with Crippen LogP contribution in [0.5, 0.6) is 0 Å². The highest BCUT2D eigenvalue weighted by Crippen LogP contribution is 2.28. The van der Waals surface area contributed by atoms with Crippen LogP contribution in [-0.4, -0.2) is 43.3 Å². The molecule has 1 atom stereocenters. The fourth-order valence-electron chi connectivity index (χ4n) is 1.82. The maximum absolute atomic E-state index is 11.7. The van der Waals surface area contributed by atoms with Gasteiger partial charge in [-0.05, 0) is 25.2 Å². The Morgan fingerprint density at radius 2 is 2.33 bits per heavy atom. The van der Waals surface area contributed by atoms with Crippen molar-refractivity contribution in [2.45, 2.75) is 32.2 Å². The van der Waals surface area contributed by atoms with E-state index in [1.54, 1.807) is 0 Å². The van der Waals surface area contributed by atoms with Gasteiger partial charge in [0, 0.05) is 13.2 Å². The standard InChI is InChI=1S/C11H20N2O2/c1-2-10-11(14)13(8-12-10)5-6-15-7-9-3-4-9/h9-10,12H,2-8H2,1H3. The second-order valence-corrected chi connectivity index (χ2v) is 4.44. The highest BCUT2D eigenvalue weighted by Gasteiger charge is 2.29. The minimum absolute atomic E-state index is 0.0356. The van der Waals surface area contributed by atoms with Crippen LogP contribution in [0.4, 0.5) is 0 Å². The molecule has 2 rings (SSSR count). The van der Waals surface area contributed by atoms with Crippen LogP contribution in [0, 0.1) is 5.92 Å². The third-order valence-corrected chi connectivity index (χ3v) is 3.10. The fourth-order valence-corrected chi connectivity index (χ4v) is 1.82. The zero-order chi connectivity index (χ0) is 10.7. The first-order chi connectivity index (χ1) is 7.31.